The van der Waals surface area contributed by atoms with E-state index in [0.717, 1.165) is 56.4 Å². The average molecular weight is 969 g/mol. The SMILES string of the molecule is CC(C)(C)c1ccnc(-c2[c-]ccc3c2oc2cccc(-c4ccc(-c5ccccc5)cc4)c23)c1.Cc1c[c-]c(-c2cc(CC(C)(C)C)c([Si](C)(C)C)cn2)c(C)c1.[Ir]. The summed E-state index contributed by atoms with van der Waals surface area (Å²) < 4.78 is 6.45. The monoisotopic (exact) mass is 969 g/mol. The maximum Gasteiger partial charge on any atom is 0.121 e. The van der Waals surface area contributed by atoms with E-state index in [4.69, 9.17) is 9.40 Å². The molecule has 5 heteroatoms. The van der Waals surface area contributed by atoms with Gasteiger partial charge in [0.2, 0.25) is 0 Å². The Kier molecular flexibility index (Phi) is 12.8. The number of nitrogens with zero attached hydrogens (tertiary/aromatic N) is 2. The van der Waals surface area contributed by atoms with E-state index in [0.29, 0.717) is 0 Å². The summed E-state index contributed by atoms with van der Waals surface area (Å²) in [5.74, 6) is 0. The Labute approximate surface area is 366 Å². The van der Waals surface area contributed by atoms with Gasteiger partial charge in [0.25, 0.3) is 0 Å². The van der Waals surface area contributed by atoms with Crippen molar-refractivity contribution in [1.82, 2.24) is 9.97 Å². The van der Waals surface area contributed by atoms with Gasteiger partial charge in [-0.2, -0.15) is 0 Å². The van der Waals surface area contributed by atoms with Crippen LogP contribution in [0.25, 0.3) is 66.7 Å². The fourth-order valence-corrected chi connectivity index (χ4v) is 9.36. The minimum Gasteiger partial charge on any atom is -0.501 e. The largest absolute Gasteiger partial charge is 0.501 e. The van der Waals surface area contributed by atoms with Crippen LogP contribution in [0.3, 0.4) is 0 Å². The van der Waals surface area contributed by atoms with Gasteiger partial charge in [-0.3, -0.25) is 0 Å². The molecular weight excluding hydrogens is 913 g/mol. The molecule has 1 radical (unpaired) electrons. The third-order valence-electron chi connectivity index (χ3n) is 10.7. The number of aryl methyl sites for hydroxylation is 2. The molecule has 8 rings (SSSR count). The molecule has 0 aliphatic rings. The summed E-state index contributed by atoms with van der Waals surface area (Å²) in [5.41, 5.74) is 16.0. The molecule has 0 saturated carbocycles. The van der Waals surface area contributed by atoms with Crippen molar-refractivity contribution in [2.45, 2.75) is 86.9 Å². The van der Waals surface area contributed by atoms with Gasteiger partial charge >= 0.3 is 0 Å². The molecule has 59 heavy (non-hydrogen) atoms. The molecule has 3 heterocycles. The Balaban J connectivity index is 0.000000213. The molecule has 303 valence electrons. The molecule has 5 aromatic carbocycles. The number of aromatic nitrogens is 2. The second-order valence-electron chi connectivity index (χ2n) is 18.9. The standard InChI is InChI=1S/C33H26NO.C21H30NSi.Ir/c1-33(2,3)25-19-20-34-29(21-25)27-12-7-13-28-31-26(11-8-14-30(31)35-32(27)28)24-17-15-23(16-18-24)22-9-5-4-6-10-22;1-15-9-10-18(16(2)11-15)19-12-17(13-21(3,4)5)20(14-22-19)23(6,7)8;/h4-11,13-21H,1-3H3;9,11-12,14H,13H2,1-8H3;/q2*-1;. The number of fused-ring (bicyclic) bond motifs is 3. The van der Waals surface area contributed by atoms with E-state index in [1.54, 1.807) is 0 Å². The fraction of sp³-hybridized carbons (Fsp3) is 0.259. The summed E-state index contributed by atoms with van der Waals surface area (Å²) in [5, 5.41) is 3.69. The van der Waals surface area contributed by atoms with Crippen LogP contribution < -0.4 is 5.19 Å². The molecule has 3 aromatic heterocycles. The number of benzene rings is 5. The summed E-state index contributed by atoms with van der Waals surface area (Å²) in [4.78, 5) is 9.47. The van der Waals surface area contributed by atoms with E-state index in [2.05, 4.69) is 195 Å². The molecule has 0 N–H and O–H groups in total. The molecule has 0 amide bonds. The Morgan fingerprint density at radius 3 is 2.02 bits per heavy atom. The van der Waals surface area contributed by atoms with Gasteiger partial charge in [0.05, 0.1) is 13.7 Å². The number of rotatable bonds is 6. The van der Waals surface area contributed by atoms with Crippen molar-refractivity contribution in [3.63, 3.8) is 0 Å². The summed E-state index contributed by atoms with van der Waals surface area (Å²) in [7, 11) is -1.40. The second-order valence-corrected chi connectivity index (χ2v) is 24.0. The fourth-order valence-electron chi connectivity index (χ4n) is 7.79. The number of hydrogen-bond acceptors (Lipinski definition) is 3. The van der Waals surface area contributed by atoms with Crippen LogP contribution >= 0.6 is 0 Å². The maximum absolute atomic E-state index is 6.45. The van der Waals surface area contributed by atoms with E-state index < -0.39 is 8.07 Å². The smallest absolute Gasteiger partial charge is 0.121 e. The van der Waals surface area contributed by atoms with Crippen LogP contribution in [0.1, 0.15) is 63.8 Å². The van der Waals surface area contributed by atoms with Crippen molar-refractivity contribution in [2.24, 2.45) is 5.41 Å². The zero-order valence-corrected chi connectivity index (χ0v) is 39.9. The van der Waals surface area contributed by atoms with Gasteiger partial charge in [-0.1, -0.05) is 170 Å². The van der Waals surface area contributed by atoms with Gasteiger partial charge in [0, 0.05) is 37.9 Å². The first-order valence-electron chi connectivity index (χ1n) is 20.4. The van der Waals surface area contributed by atoms with Gasteiger partial charge in [0.15, 0.2) is 0 Å². The average Bonchev–Trinajstić information content (AvgIpc) is 3.57. The number of hydrogen-bond donors (Lipinski definition) is 0. The molecule has 0 aliphatic carbocycles. The quantitative estimate of drug-likeness (QED) is 0.123. The van der Waals surface area contributed by atoms with E-state index >= 15 is 0 Å². The Morgan fingerprint density at radius 1 is 0.678 bits per heavy atom. The molecule has 0 saturated heterocycles. The summed E-state index contributed by atoms with van der Waals surface area (Å²) in [6.07, 6.45) is 5.10. The van der Waals surface area contributed by atoms with E-state index in [9.17, 15) is 0 Å². The second kappa shape index (κ2) is 17.3. The topological polar surface area (TPSA) is 38.9 Å². The van der Waals surface area contributed by atoms with Crippen LogP contribution in [0.15, 0.2) is 132 Å². The van der Waals surface area contributed by atoms with Crippen molar-refractivity contribution in [2.75, 3.05) is 0 Å². The minimum atomic E-state index is -1.40. The van der Waals surface area contributed by atoms with Gasteiger partial charge in [-0.25, -0.2) is 0 Å². The molecule has 3 nitrogen and oxygen atoms in total. The number of pyridine rings is 2. The van der Waals surface area contributed by atoms with Crippen LogP contribution in [0.4, 0.5) is 0 Å². The van der Waals surface area contributed by atoms with Gasteiger partial charge in [0.1, 0.15) is 5.58 Å². The zero-order chi connectivity index (χ0) is 41.4. The molecule has 0 spiro atoms. The molecule has 0 bridgehead atoms. The molecule has 0 unspecified atom stereocenters. The van der Waals surface area contributed by atoms with Crippen molar-refractivity contribution in [1.29, 1.82) is 0 Å². The minimum absolute atomic E-state index is 0. The predicted octanol–water partition coefficient (Wildman–Crippen LogP) is 14.4. The molecule has 0 aliphatic heterocycles. The van der Waals surface area contributed by atoms with Crippen molar-refractivity contribution in [3.8, 4) is 44.8 Å². The van der Waals surface area contributed by atoms with E-state index in [-0.39, 0.29) is 30.9 Å². The Bertz CT molecular complexity index is 2710. The van der Waals surface area contributed by atoms with Crippen molar-refractivity contribution >= 4 is 35.2 Å². The summed E-state index contributed by atoms with van der Waals surface area (Å²) >= 11 is 0. The van der Waals surface area contributed by atoms with Gasteiger partial charge in [-0.05, 0) is 73.8 Å². The Hall–Kier alpha value is -4.93. The molecule has 0 atom stereocenters. The van der Waals surface area contributed by atoms with Gasteiger partial charge < -0.3 is 14.4 Å². The van der Waals surface area contributed by atoms with E-state index in [1.165, 1.54) is 44.1 Å². The molecular formula is C54H56IrN2OSi-2. The summed E-state index contributed by atoms with van der Waals surface area (Å²) in [6, 6.07) is 47.2. The van der Waals surface area contributed by atoms with Crippen molar-refractivity contribution < 1.29 is 24.5 Å². The van der Waals surface area contributed by atoms with Crippen LogP contribution in [0.5, 0.6) is 0 Å². The predicted molar refractivity (Wildman–Crippen MR) is 249 cm³/mol. The van der Waals surface area contributed by atoms with Gasteiger partial charge in [-0.15, -0.1) is 53.1 Å². The third-order valence-corrected chi connectivity index (χ3v) is 12.8. The third kappa shape index (κ3) is 9.93. The van der Waals surface area contributed by atoms with Crippen molar-refractivity contribution in [3.05, 3.63) is 162 Å². The normalized spacial score (nSPS) is 11.9. The molecule has 0 fully saturated rings. The Morgan fingerprint density at radius 2 is 1.36 bits per heavy atom. The summed E-state index contributed by atoms with van der Waals surface area (Å²) in [6.45, 7) is 25.0. The molecule has 8 aromatic rings. The number of furan rings is 1. The van der Waals surface area contributed by atoms with Crippen LogP contribution in [0.2, 0.25) is 19.6 Å². The van der Waals surface area contributed by atoms with Crippen LogP contribution in [-0.2, 0) is 31.9 Å². The maximum atomic E-state index is 6.45. The first-order chi connectivity index (χ1) is 27.5. The zero-order valence-electron chi connectivity index (χ0n) is 36.5. The first-order valence-corrected chi connectivity index (χ1v) is 23.9. The van der Waals surface area contributed by atoms with Crippen LogP contribution in [-0.4, -0.2) is 18.0 Å². The van der Waals surface area contributed by atoms with E-state index in [1.807, 2.05) is 24.4 Å². The first kappa shape index (κ1) is 43.6. The van der Waals surface area contributed by atoms with Crippen LogP contribution in [0, 0.1) is 31.4 Å².